The van der Waals surface area contributed by atoms with Gasteiger partial charge in [-0.15, -0.1) is 24.0 Å². The van der Waals surface area contributed by atoms with Gasteiger partial charge in [0, 0.05) is 19.1 Å². The molecule has 122 valence electrons. The van der Waals surface area contributed by atoms with Crippen LogP contribution in [0.3, 0.4) is 0 Å². The number of hydrogen-bond donors (Lipinski definition) is 2. The molecule has 0 aliphatic carbocycles. The second-order valence-electron chi connectivity index (χ2n) is 5.40. The maximum atomic E-state index is 4.68. The van der Waals surface area contributed by atoms with Gasteiger partial charge in [0.1, 0.15) is 0 Å². The molecule has 0 aromatic heterocycles. The number of likely N-dealkylation sites (N-methyl/N-ethyl adjacent to an activating group) is 1. The van der Waals surface area contributed by atoms with E-state index in [0.717, 1.165) is 44.6 Å². The minimum atomic E-state index is 0. The Morgan fingerprint density at radius 1 is 1.05 bits per heavy atom. The number of hydrogen-bond acceptors (Lipinski definition) is 2. The molecule has 0 fully saturated rings. The van der Waals surface area contributed by atoms with Crippen molar-refractivity contribution in [3.05, 3.63) is 0 Å². The van der Waals surface area contributed by atoms with E-state index in [1.165, 1.54) is 6.42 Å². The van der Waals surface area contributed by atoms with Gasteiger partial charge >= 0.3 is 0 Å². The number of rotatable bonds is 9. The van der Waals surface area contributed by atoms with Crippen LogP contribution in [-0.2, 0) is 0 Å². The van der Waals surface area contributed by atoms with Gasteiger partial charge in [0.2, 0.25) is 0 Å². The summed E-state index contributed by atoms with van der Waals surface area (Å²) in [6, 6.07) is 0.496. The first-order valence-corrected chi connectivity index (χ1v) is 7.81. The van der Waals surface area contributed by atoms with Gasteiger partial charge in [-0.05, 0) is 39.3 Å². The predicted octanol–water partition coefficient (Wildman–Crippen LogP) is 2.94. The van der Waals surface area contributed by atoms with E-state index in [9.17, 15) is 0 Å². The van der Waals surface area contributed by atoms with Gasteiger partial charge in [-0.3, -0.25) is 9.89 Å². The third-order valence-corrected chi connectivity index (χ3v) is 3.31. The summed E-state index contributed by atoms with van der Waals surface area (Å²) in [5.74, 6) is 1.67. The van der Waals surface area contributed by atoms with Crippen molar-refractivity contribution < 1.29 is 0 Å². The second-order valence-corrected chi connectivity index (χ2v) is 5.40. The standard InChI is InChI=1S/C15H34N4.HI/c1-7-16-15(17-11-10-13(4)5)18-12-14(6)19(8-2)9-3;/h13-14H,7-12H2,1-6H3,(H2,16,17,18);1H. The summed E-state index contributed by atoms with van der Waals surface area (Å²) in [6.45, 7) is 18.2. The number of aliphatic imine (C=N–C) groups is 1. The van der Waals surface area contributed by atoms with Gasteiger partial charge in [-0.1, -0.05) is 27.7 Å². The summed E-state index contributed by atoms with van der Waals surface area (Å²) < 4.78 is 0. The van der Waals surface area contributed by atoms with Crippen molar-refractivity contribution in [1.29, 1.82) is 0 Å². The average molecular weight is 398 g/mol. The molecule has 0 spiro atoms. The molecular formula is C15H35IN4. The highest BCUT2D eigenvalue weighted by molar-refractivity contribution is 14.0. The van der Waals surface area contributed by atoms with Crippen molar-refractivity contribution in [2.75, 3.05) is 32.7 Å². The predicted molar refractivity (Wildman–Crippen MR) is 101 cm³/mol. The lowest BCUT2D eigenvalue weighted by Gasteiger charge is -2.25. The fourth-order valence-corrected chi connectivity index (χ4v) is 2.01. The average Bonchev–Trinajstić information content (AvgIpc) is 2.37. The summed E-state index contributed by atoms with van der Waals surface area (Å²) in [5.41, 5.74) is 0. The highest BCUT2D eigenvalue weighted by atomic mass is 127. The zero-order chi connectivity index (χ0) is 14.7. The van der Waals surface area contributed by atoms with E-state index in [-0.39, 0.29) is 24.0 Å². The molecule has 2 N–H and O–H groups in total. The lowest BCUT2D eigenvalue weighted by Crippen LogP contribution is -2.40. The Hall–Kier alpha value is -0.0400. The summed E-state index contributed by atoms with van der Waals surface area (Å²) in [5, 5.41) is 6.71. The Bertz CT molecular complexity index is 240. The van der Waals surface area contributed by atoms with Crippen LogP contribution in [0.2, 0.25) is 0 Å². The van der Waals surface area contributed by atoms with E-state index >= 15 is 0 Å². The van der Waals surface area contributed by atoms with Crippen molar-refractivity contribution in [1.82, 2.24) is 15.5 Å². The van der Waals surface area contributed by atoms with Crippen molar-refractivity contribution >= 4 is 29.9 Å². The van der Waals surface area contributed by atoms with Crippen LogP contribution in [0, 0.1) is 5.92 Å². The highest BCUT2D eigenvalue weighted by Gasteiger charge is 2.09. The van der Waals surface area contributed by atoms with Crippen molar-refractivity contribution in [3.8, 4) is 0 Å². The first-order chi connectivity index (χ1) is 9.04. The Labute approximate surface area is 143 Å². The van der Waals surface area contributed by atoms with E-state index in [0.29, 0.717) is 6.04 Å². The minimum absolute atomic E-state index is 0. The van der Waals surface area contributed by atoms with E-state index in [4.69, 9.17) is 0 Å². The Morgan fingerprint density at radius 3 is 2.10 bits per heavy atom. The molecule has 0 bridgehead atoms. The fraction of sp³-hybridized carbons (Fsp3) is 0.933. The van der Waals surface area contributed by atoms with E-state index < -0.39 is 0 Å². The normalized spacial score (nSPS) is 13.3. The SMILES string of the molecule is CCNC(=NCC(C)N(CC)CC)NCCC(C)C.I. The second kappa shape index (κ2) is 13.9. The molecule has 1 unspecified atom stereocenters. The summed E-state index contributed by atoms with van der Waals surface area (Å²) in [4.78, 5) is 7.11. The van der Waals surface area contributed by atoms with Crippen LogP contribution in [0.25, 0.3) is 0 Å². The molecule has 0 heterocycles. The molecular weight excluding hydrogens is 363 g/mol. The molecule has 0 aromatic carbocycles. The number of nitrogens with zero attached hydrogens (tertiary/aromatic N) is 2. The van der Waals surface area contributed by atoms with Crippen molar-refractivity contribution in [2.45, 2.75) is 54.0 Å². The molecule has 0 aliphatic heterocycles. The Morgan fingerprint density at radius 2 is 1.65 bits per heavy atom. The summed E-state index contributed by atoms with van der Waals surface area (Å²) in [7, 11) is 0. The van der Waals surface area contributed by atoms with Crippen LogP contribution in [0.15, 0.2) is 4.99 Å². The quantitative estimate of drug-likeness (QED) is 0.357. The Balaban J connectivity index is 0. The van der Waals surface area contributed by atoms with Crippen LogP contribution in [0.1, 0.15) is 48.0 Å². The van der Waals surface area contributed by atoms with Gasteiger partial charge in [-0.25, -0.2) is 0 Å². The van der Waals surface area contributed by atoms with Crippen molar-refractivity contribution in [3.63, 3.8) is 0 Å². The molecule has 20 heavy (non-hydrogen) atoms. The zero-order valence-corrected chi connectivity index (χ0v) is 16.5. The number of guanidine groups is 1. The molecule has 0 saturated carbocycles. The monoisotopic (exact) mass is 398 g/mol. The first-order valence-electron chi connectivity index (χ1n) is 7.81. The van der Waals surface area contributed by atoms with Gasteiger partial charge in [-0.2, -0.15) is 0 Å². The maximum absolute atomic E-state index is 4.68. The third-order valence-electron chi connectivity index (χ3n) is 3.31. The molecule has 0 aromatic rings. The molecule has 5 heteroatoms. The minimum Gasteiger partial charge on any atom is -0.357 e. The summed E-state index contributed by atoms with van der Waals surface area (Å²) >= 11 is 0. The largest absolute Gasteiger partial charge is 0.357 e. The zero-order valence-electron chi connectivity index (χ0n) is 14.2. The van der Waals surface area contributed by atoms with Crippen LogP contribution >= 0.6 is 24.0 Å². The topological polar surface area (TPSA) is 39.7 Å². The van der Waals surface area contributed by atoms with Gasteiger partial charge < -0.3 is 10.6 Å². The van der Waals surface area contributed by atoms with E-state index in [1.807, 2.05) is 0 Å². The highest BCUT2D eigenvalue weighted by Crippen LogP contribution is 1.99. The number of halogens is 1. The molecule has 0 radical (unpaired) electrons. The maximum Gasteiger partial charge on any atom is 0.191 e. The molecule has 0 rings (SSSR count). The van der Waals surface area contributed by atoms with Crippen LogP contribution < -0.4 is 10.6 Å². The molecule has 0 aliphatic rings. The van der Waals surface area contributed by atoms with Crippen molar-refractivity contribution in [2.24, 2.45) is 10.9 Å². The lowest BCUT2D eigenvalue weighted by molar-refractivity contribution is 0.237. The van der Waals surface area contributed by atoms with Gasteiger partial charge in [0.05, 0.1) is 6.54 Å². The molecule has 1 atom stereocenters. The number of nitrogens with one attached hydrogen (secondary N) is 2. The third kappa shape index (κ3) is 10.7. The molecule has 4 nitrogen and oxygen atoms in total. The molecule has 0 saturated heterocycles. The fourth-order valence-electron chi connectivity index (χ4n) is 2.01. The first kappa shape index (κ1) is 22.2. The van der Waals surface area contributed by atoms with Gasteiger partial charge in [0.25, 0.3) is 0 Å². The summed E-state index contributed by atoms with van der Waals surface area (Å²) in [6.07, 6.45) is 1.18. The Kier molecular flexibility index (Phi) is 15.5. The lowest BCUT2D eigenvalue weighted by atomic mass is 10.1. The van der Waals surface area contributed by atoms with Crippen LogP contribution in [0.5, 0.6) is 0 Å². The van der Waals surface area contributed by atoms with Gasteiger partial charge in [0.15, 0.2) is 5.96 Å². The molecule has 0 amide bonds. The van der Waals surface area contributed by atoms with Crippen LogP contribution in [0.4, 0.5) is 0 Å². The van der Waals surface area contributed by atoms with Crippen LogP contribution in [-0.4, -0.2) is 49.6 Å². The van der Waals surface area contributed by atoms with E-state index in [1.54, 1.807) is 0 Å². The van der Waals surface area contributed by atoms with E-state index in [2.05, 4.69) is 62.1 Å². The smallest absolute Gasteiger partial charge is 0.191 e.